The van der Waals surface area contributed by atoms with Crippen LogP contribution in [0.5, 0.6) is 0 Å². The third-order valence-corrected chi connectivity index (χ3v) is 2.64. The molecule has 0 spiro atoms. The lowest BCUT2D eigenvalue weighted by Gasteiger charge is -2.12. The van der Waals surface area contributed by atoms with Crippen molar-refractivity contribution in [1.82, 2.24) is 0 Å². The molecular weight excluding hydrogens is 160 g/mol. The molecule has 13 heavy (non-hydrogen) atoms. The highest BCUT2D eigenvalue weighted by Gasteiger charge is 2.22. The Morgan fingerprint density at radius 3 is 3.00 bits per heavy atom. The SMILES string of the molecule is O=C1CC=C2C=Cc3cccc1c32. The maximum atomic E-state index is 11.5. The third kappa shape index (κ3) is 0.788. The fraction of sp³-hybridized carbons (Fsp3) is 0.0833. The van der Waals surface area contributed by atoms with Gasteiger partial charge in [-0.1, -0.05) is 36.4 Å². The number of benzene rings is 1. The molecule has 0 saturated heterocycles. The van der Waals surface area contributed by atoms with Gasteiger partial charge in [0.15, 0.2) is 5.78 Å². The van der Waals surface area contributed by atoms with Gasteiger partial charge >= 0.3 is 0 Å². The molecule has 2 aliphatic carbocycles. The van der Waals surface area contributed by atoms with E-state index in [4.69, 9.17) is 0 Å². The minimum absolute atomic E-state index is 0.240. The lowest BCUT2D eigenvalue weighted by atomic mass is 9.90. The Balaban J connectivity index is 2.42. The second kappa shape index (κ2) is 2.19. The Labute approximate surface area is 76.4 Å². The van der Waals surface area contributed by atoms with E-state index < -0.39 is 0 Å². The molecule has 0 radical (unpaired) electrons. The fourth-order valence-electron chi connectivity index (χ4n) is 2.01. The summed E-state index contributed by atoms with van der Waals surface area (Å²) >= 11 is 0. The summed E-state index contributed by atoms with van der Waals surface area (Å²) in [6.45, 7) is 0. The zero-order valence-corrected chi connectivity index (χ0v) is 7.08. The molecule has 0 N–H and O–H groups in total. The van der Waals surface area contributed by atoms with Gasteiger partial charge in [0.05, 0.1) is 0 Å². The van der Waals surface area contributed by atoms with E-state index >= 15 is 0 Å². The van der Waals surface area contributed by atoms with Crippen LogP contribution in [0.2, 0.25) is 0 Å². The van der Waals surface area contributed by atoms with E-state index in [-0.39, 0.29) is 5.78 Å². The maximum Gasteiger partial charge on any atom is 0.167 e. The van der Waals surface area contributed by atoms with Gasteiger partial charge < -0.3 is 0 Å². The standard InChI is InChI=1S/C12H8O/c13-11-7-6-9-5-4-8-2-1-3-10(11)12(8)9/h1-6H,7H2. The lowest BCUT2D eigenvalue weighted by Crippen LogP contribution is -2.06. The third-order valence-electron chi connectivity index (χ3n) is 2.64. The van der Waals surface area contributed by atoms with Gasteiger partial charge in [0, 0.05) is 12.0 Å². The van der Waals surface area contributed by atoms with Gasteiger partial charge in [0.25, 0.3) is 0 Å². The van der Waals surface area contributed by atoms with Gasteiger partial charge in [-0.25, -0.2) is 0 Å². The van der Waals surface area contributed by atoms with Crippen LogP contribution in [-0.2, 0) is 0 Å². The predicted molar refractivity (Wildman–Crippen MR) is 52.4 cm³/mol. The Kier molecular flexibility index (Phi) is 1.15. The summed E-state index contributed by atoms with van der Waals surface area (Å²) in [6, 6.07) is 5.92. The molecule has 0 amide bonds. The molecule has 0 fully saturated rings. The highest BCUT2D eigenvalue weighted by molar-refractivity contribution is 6.09. The van der Waals surface area contributed by atoms with Crippen LogP contribution in [0.3, 0.4) is 0 Å². The summed E-state index contributed by atoms with van der Waals surface area (Å²) in [5.41, 5.74) is 4.42. The monoisotopic (exact) mass is 168 g/mol. The zero-order chi connectivity index (χ0) is 8.84. The molecule has 1 aromatic rings. The molecule has 0 bridgehead atoms. The number of hydrogen-bond acceptors (Lipinski definition) is 1. The maximum absolute atomic E-state index is 11.5. The average Bonchev–Trinajstić information content (AvgIpc) is 2.57. The number of ketones is 1. The molecule has 0 unspecified atom stereocenters. The van der Waals surface area contributed by atoms with Crippen molar-refractivity contribution in [3.63, 3.8) is 0 Å². The van der Waals surface area contributed by atoms with Crippen LogP contribution in [0.4, 0.5) is 0 Å². The van der Waals surface area contributed by atoms with Gasteiger partial charge in [-0.3, -0.25) is 4.79 Å². The molecule has 0 heterocycles. The number of rotatable bonds is 0. The van der Waals surface area contributed by atoms with Gasteiger partial charge in [-0.2, -0.15) is 0 Å². The van der Waals surface area contributed by atoms with Crippen molar-refractivity contribution >= 4 is 17.4 Å². The zero-order valence-electron chi connectivity index (χ0n) is 7.08. The molecule has 1 heteroatoms. The molecule has 0 saturated carbocycles. The Bertz CT molecular complexity index is 464. The van der Waals surface area contributed by atoms with E-state index in [1.807, 2.05) is 18.2 Å². The largest absolute Gasteiger partial charge is 0.294 e. The van der Waals surface area contributed by atoms with E-state index in [2.05, 4.69) is 18.2 Å². The van der Waals surface area contributed by atoms with Crippen LogP contribution in [0.1, 0.15) is 27.9 Å². The summed E-state index contributed by atoms with van der Waals surface area (Å²) in [4.78, 5) is 11.5. The van der Waals surface area contributed by atoms with E-state index in [0.717, 1.165) is 11.1 Å². The minimum Gasteiger partial charge on any atom is -0.294 e. The van der Waals surface area contributed by atoms with Gasteiger partial charge in [0.1, 0.15) is 0 Å². The second-order valence-electron chi connectivity index (χ2n) is 3.39. The topological polar surface area (TPSA) is 17.1 Å². The molecular formula is C12H8O. The predicted octanol–water partition coefficient (Wildman–Crippen LogP) is 2.68. The normalized spacial score (nSPS) is 17.2. The molecule has 62 valence electrons. The van der Waals surface area contributed by atoms with E-state index in [9.17, 15) is 4.79 Å². The minimum atomic E-state index is 0.240. The molecule has 3 rings (SSSR count). The number of carbonyl (C=O) groups is 1. The summed E-state index contributed by atoms with van der Waals surface area (Å²) < 4.78 is 0. The molecule has 0 atom stereocenters. The van der Waals surface area contributed by atoms with Crippen molar-refractivity contribution in [2.24, 2.45) is 0 Å². The van der Waals surface area contributed by atoms with Crippen molar-refractivity contribution in [3.05, 3.63) is 47.0 Å². The fourth-order valence-corrected chi connectivity index (χ4v) is 2.01. The first-order valence-corrected chi connectivity index (χ1v) is 4.41. The van der Waals surface area contributed by atoms with Crippen LogP contribution in [0, 0.1) is 0 Å². The molecule has 0 aliphatic heterocycles. The van der Waals surface area contributed by atoms with E-state index in [0.29, 0.717) is 6.42 Å². The Morgan fingerprint density at radius 2 is 2.08 bits per heavy atom. The van der Waals surface area contributed by atoms with Gasteiger partial charge in [0.2, 0.25) is 0 Å². The van der Waals surface area contributed by atoms with Gasteiger partial charge in [-0.05, 0) is 16.7 Å². The van der Waals surface area contributed by atoms with Crippen molar-refractivity contribution in [1.29, 1.82) is 0 Å². The summed E-state index contributed by atoms with van der Waals surface area (Å²) in [6.07, 6.45) is 6.72. The number of hydrogen-bond donors (Lipinski definition) is 0. The van der Waals surface area contributed by atoms with Crippen LogP contribution < -0.4 is 0 Å². The van der Waals surface area contributed by atoms with Crippen molar-refractivity contribution in [3.8, 4) is 0 Å². The summed E-state index contributed by atoms with van der Waals surface area (Å²) in [5, 5.41) is 0. The van der Waals surface area contributed by atoms with Crippen LogP contribution in [-0.4, -0.2) is 5.78 Å². The van der Waals surface area contributed by atoms with Crippen LogP contribution >= 0.6 is 0 Å². The molecule has 2 aliphatic rings. The smallest absolute Gasteiger partial charge is 0.167 e. The molecule has 0 aromatic heterocycles. The van der Waals surface area contributed by atoms with Crippen LogP contribution in [0.25, 0.3) is 11.6 Å². The molecule has 1 nitrogen and oxygen atoms in total. The highest BCUT2D eigenvalue weighted by Crippen LogP contribution is 2.35. The van der Waals surface area contributed by atoms with Crippen molar-refractivity contribution in [2.75, 3.05) is 0 Å². The van der Waals surface area contributed by atoms with Crippen molar-refractivity contribution in [2.45, 2.75) is 6.42 Å². The summed E-state index contributed by atoms with van der Waals surface area (Å²) in [7, 11) is 0. The first-order valence-electron chi connectivity index (χ1n) is 4.41. The van der Waals surface area contributed by atoms with Crippen LogP contribution in [0.15, 0.2) is 30.4 Å². The first-order chi connectivity index (χ1) is 6.36. The second-order valence-corrected chi connectivity index (χ2v) is 3.39. The van der Waals surface area contributed by atoms with E-state index in [1.54, 1.807) is 0 Å². The lowest BCUT2D eigenvalue weighted by molar-refractivity contribution is 0.0994. The Hall–Kier alpha value is -1.63. The Morgan fingerprint density at radius 1 is 1.15 bits per heavy atom. The average molecular weight is 168 g/mol. The van der Waals surface area contributed by atoms with E-state index in [1.165, 1.54) is 11.1 Å². The summed E-state index contributed by atoms with van der Waals surface area (Å²) in [5.74, 6) is 0.240. The molecule has 1 aromatic carbocycles. The first kappa shape index (κ1) is 6.84. The number of carbonyl (C=O) groups excluding carboxylic acids is 1. The highest BCUT2D eigenvalue weighted by atomic mass is 16.1. The number of Topliss-reactive ketones (excluding diaryl/α,β-unsaturated/α-hetero) is 1. The number of allylic oxidation sites excluding steroid dienone is 3. The van der Waals surface area contributed by atoms with Crippen molar-refractivity contribution < 1.29 is 4.79 Å². The quantitative estimate of drug-likeness (QED) is 0.582. The van der Waals surface area contributed by atoms with Gasteiger partial charge in [-0.15, -0.1) is 0 Å².